The number of furan rings is 1. The molecule has 0 aliphatic carbocycles. The fourth-order valence-electron chi connectivity index (χ4n) is 1.61. The smallest absolute Gasteiger partial charge is 0.118 e. The SMILES string of the molecule is COc1ccc(C(Br)c2ccoc2C)cc1. The summed E-state index contributed by atoms with van der Waals surface area (Å²) in [6, 6.07) is 9.99. The molecule has 2 nitrogen and oxygen atoms in total. The monoisotopic (exact) mass is 280 g/mol. The van der Waals surface area contributed by atoms with Gasteiger partial charge >= 0.3 is 0 Å². The number of benzene rings is 1. The molecule has 0 aliphatic heterocycles. The standard InChI is InChI=1S/C13H13BrO2/c1-9-12(7-8-16-9)13(14)10-3-5-11(15-2)6-4-10/h3-8,13H,1-2H3. The summed E-state index contributed by atoms with van der Waals surface area (Å²) in [7, 11) is 1.67. The third-order valence-corrected chi connectivity index (χ3v) is 3.60. The van der Waals surface area contributed by atoms with E-state index in [1.165, 1.54) is 5.56 Å². The van der Waals surface area contributed by atoms with Crippen LogP contribution in [0.25, 0.3) is 0 Å². The van der Waals surface area contributed by atoms with Gasteiger partial charge in [0.15, 0.2) is 0 Å². The van der Waals surface area contributed by atoms with Gasteiger partial charge < -0.3 is 9.15 Å². The van der Waals surface area contributed by atoms with Gasteiger partial charge in [0.05, 0.1) is 18.2 Å². The van der Waals surface area contributed by atoms with Crippen LogP contribution in [0.2, 0.25) is 0 Å². The molecule has 1 aromatic heterocycles. The Labute approximate surface area is 103 Å². The van der Waals surface area contributed by atoms with E-state index in [1.807, 2.05) is 37.3 Å². The van der Waals surface area contributed by atoms with Gasteiger partial charge in [0.2, 0.25) is 0 Å². The summed E-state index contributed by atoms with van der Waals surface area (Å²) in [6.07, 6.45) is 1.71. The van der Waals surface area contributed by atoms with E-state index in [1.54, 1.807) is 13.4 Å². The van der Waals surface area contributed by atoms with Crippen LogP contribution in [0.5, 0.6) is 5.75 Å². The van der Waals surface area contributed by atoms with E-state index in [9.17, 15) is 0 Å². The number of halogens is 1. The number of ether oxygens (including phenoxy) is 1. The number of hydrogen-bond acceptors (Lipinski definition) is 2. The van der Waals surface area contributed by atoms with Crippen molar-refractivity contribution < 1.29 is 9.15 Å². The molecular weight excluding hydrogens is 268 g/mol. The van der Waals surface area contributed by atoms with Crippen molar-refractivity contribution in [1.82, 2.24) is 0 Å². The molecule has 0 fully saturated rings. The molecular formula is C13H13BrO2. The zero-order valence-electron chi connectivity index (χ0n) is 9.24. The van der Waals surface area contributed by atoms with Crippen LogP contribution in [0.4, 0.5) is 0 Å². The zero-order chi connectivity index (χ0) is 11.5. The number of hydrogen-bond donors (Lipinski definition) is 0. The van der Waals surface area contributed by atoms with Crippen molar-refractivity contribution in [2.45, 2.75) is 11.8 Å². The molecule has 0 saturated carbocycles. The Kier molecular flexibility index (Phi) is 3.34. The van der Waals surface area contributed by atoms with Gasteiger partial charge in [-0.3, -0.25) is 0 Å². The second kappa shape index (κ2) is 4.74. The molecule has 0 amide bonds. The Morgan fingerprint density at radius 2 is 1.88 bits per heavy atom. The topological polar surface area (TPSA) is 22.4 Å². The second-order valence-corrected chi connectivity index (χ2v) is 4.48. The first kappa shape index (κ1) is 11.3. The molecule has 0 aliphatic rings. The average molecular weight is 281 g/mol. The van der Waals surface area contributed by atoms with Crippen LogP contribution in [0, 0.1) is 6.92 Å². The van der Waals surface area contributed by atoms with Crippen LogP contribution in [-0.2, 0) is 0 Å². The van der Waals surface area contributed by atoms with E-state index in [4.69, 9.17) is 9.15 Å². The van der Waals surface area contributed by atoms with E-state index in [-0.39, 0.29) is 4.83 Å². The van der Waals surface area contributed by atoms with Gasteiger partial charge in [-0.05, 0) is 30.7 Å². The van der Waals surface area contributed by atoms with Crippen LogP contribution >= 0.6 is 15.9 Å². The third kappa shape index (κ3) is 2.14. The summed E-state index contributed by atoms with van der Waals surface area (Å²) in [6.45, 7) is 1.97. The summed E-state index contributed by atoms with van der Waals surface area (Å²) in [4.78, 5) is 0.164. The summed E-state index contributed by atoms with van der Waals surface area (Å²) < 4.78 is 10.4. The lowest BCUT2D eigenvalue weighted by atomic mass is 10.1. The lowest BCUT2D eigenvalue weighted by Crippen LogP contribution is -1.93. The van der Waals surface area contributed by atoms with Gasteiger partial charge in [-0.15, -0.1) is 0 Å². The van der Waals surface area contributed by atoms with E-state index in [0.29, 0.717) is 0 Å². The highest BCUT2D eigenvalue weighted by molar-refractivity contribution is 9.09. The summed E-state index contributed by atoms with van der Waals surface area (Å²) >= 11 is 3.67. The fraction of sp³-hybridized carbons (Fsp3) is 0.231. The van der Waals surface area contributed by atoms with Crippen molar-refractivity contribution in [2.24, 2.45) is 0 Å². The van der Waals surface area contributed by atoms with Gasteiger partial charge in [-0.25, -0.2) is 0 Å². The van der Waals surface area contributed by atoms with E-state index in [0.717, 1.165) is 17.1 Å². The van der Waals surface area contributed by atoms with Crippen molar-refractivity contribution in [3.8, 4) is 5.75 Å². The predicted octanol–water partition coefficient (Wildman–Crippen LogP) is 4.08. The Balaban J connectivity index is 2.27. The molecule has 0 radical (unpaired) electrons. The normalized spacial score (nSPS) is 12.4. The van der Waals surface area contributed by atoms with E-state index in [2.05, 4.69) is 15.9 Å². The molecule has 0 saturated heterocycles. The summed E-state index contributed by atoms with van der Waals surface area (Å²) in [5.74, 6) is 1.81. The van der Waals surface area contributed by atoms with E-state index < -0.39 is 0 Å². The predicted molar refractivity (Wildman–Crippen MR) is 67.2 cm³/mol. The van der Waals surface area contributed by atoms with Crippen molar-refractivity contribution in [3.05, 3.63) is 53.5 Å². The maximum atomic E-state index is 5.30. The number of alkyl halides is 1. The third-order valence-electron chi connectivity index (χ3n) is 2.58. The van der Waals surface area contributed by atoms with Crippen molar-refractivity contribution in [1.29, 1.82) is 0 Å². The van der Waals surface area contributed by atoms with Crippen LogP contribution in [0.1, 0.15) is 21.7 Å². The van der Waals surface area contributed by atoms with Gasteiger partial charge in [-0.1, -0.05) is 28.1 Å². The summed E-state index contributed by atoms with van der Waals surface area (Å²) in [5, 5.41) is 0. The van der Waals surface area contributed by atoms with E-state index >= 15 is 0 Å². The number of methoxy groups -OCH3 is 1. The largest absolute Gasteiger partial charge is 0.497 e. The highest BCUT2D eigenvalue weighted by atomic mass is 79.9. The molecule has 2 rings (SSSR count). The van der Waals surface area contributed by atoms with Gasteiger partial charge in [0.25, 0.3) is 0 Å². The average Bonchev–Trinajstić information content (AvgIpc) is 2.75. The molecule has 2 aromatic rings. The highest BCUT2D eigenvalue weighted by Gasteiger charge is 2.14. The number of aryl methyl sites for hydroxylation is 1. The van der Waals surface area contributed by atoms with Crippen molar-refractivity contribution in [2.75, 3.05) is 7.11 Å². The maximum absolute atomic E-state index is 5.30. The van der Waals surface area contributed by atoms with Crippen LogP contribution in [0.15, 0.2) is 41.0 Å². The van der Waals surface area contributed by atoms with Gasteiger partial charge in [0.1, 0.15) is 11.5 Å². The summed E-state index contributed by atoms with van der Waals surface area (Å²) in [5.41, 5.74) is 2.34. The highest BCUT2D eigenvalue weighted by Crippen LogP contribution is 2.33. The molecule has 0 N–H and O–H groups in total. The van der Waals surface area contributed by atoms with Crippen LogP contribution < -0.4 is 4.74 Å². The molecule has 1 aromatic carbocycles. The minimum absolute atomic E-state index is 0.164. The van der Waals surface area contributed by atoms with Crippen molar-refractivity contribution >= 4 is 15.9 Å². The molecule has 0 bridgehead atoms. The molecule has 16 heavy (non-hydrogen) atoms. The fourth-order valence-corrected chi connectivity index (χ4v) is 2.39. The maximum Gasteiger partial charge on any atom is 0.118 e. The minimum Gasteiger partial charge on any atom is -0.497 e. The van der Waals surface area contributed by atoms with Gasteiger partial charge in [0, 0.05) is 5.56 Å². The molecule has 0 spiro atoms. The first-order valence-corrected chi connectivity index (χ1v) is 5.96. The molecule has 84 valence electrons. The molecule has 1 unspecified atom stereocenters. The Bertz CT molecular complexity index is 459. The first-order valence-electron chi connectivity index (χ1n) is 5.04. The van der Waals surface area contributed by atoms with Crippen molar-refractivity contribution in [3.63, 3.8) is 0 Å². The first-order chi connectivity index (χ1) is 7.72. The van der Waals surface area contributed by atoms with Crippen LogP contribution in [0.3, 0.4) is 0 Å². The molecule has 1 atom stereocenters. The molecule has 1 heterocycles. The lowest BCUT2D eigenvalue weighted by molar-refractivity contribution is 0.414. The Hall–Kier alpha value is -1.22. The second-order valence-electron chi connectivity index (χ2n) is 3.57. The minimum atomic E-state index is 0.164. The zero-order valence-corrected chi connectivity index (χ0v) is 10.8. The molecule has 3 heteroatoms. The van der Waals surface area contributed by atoms with Crippen LogP contribution in [-0.4, -0.2) is 7.11 Å². The van der Waals surface area contributed by atoms with Gasteiger partial charge in [-0.2, -0.15) is 0 Å². The quantitative estimate of drug-likeness (QED) is 0.791. The number of rotatable bonds is 3. The Morgan fingerprint density at radius 3 is 2.38 bits per heavy atom. The Morgan fingerprint density at radius 1 is 1.19 bits per heavy atom. The lowest BCUT2D eigenvalue weighted by Gasteiger charge is -2.09.